The van der Waals surface area contributed by atoms with Crippen LogP contribution >= 0.6 is 31.9 Å². The molecule has 2 aromatic rings. The van der Waals surface area contributed by atoms with E-state index < -0.39 is 11.7 Å². The monoisotopic (exact) mass is 473 g/mol. The van der Waals surface area contributed by atoms with E-state index in [-0.39, 0.29) is 12.3 Å². The fraction of sp³-hybridized carbons (Fsp3) is 0.176. The number of ether oxygens (including phenoxy) is 2. The van der Waals surface area contributed by atoms with Crippen molar-refractivity contribution in [2.24, 2.45) is 0 Å². The Kier molecular flexibility index (Phi) is 6.95. The van der Waals surface area contributed by atoms with Crippen molar-refractivity contribution in [2.45, 2.75) is 6.92 Å². The number of nitrogens with one attached hydrogen (secondary N) is 1. The van der Waals surface area contributed by atoms with E-state index in [0.29, 0.717) is 38.9 Å². The van der Waals surface area contributed by atoms with E-state index in [4.69, 9.17) is 9.47 Å². The van der Waals surface area contributed by atoms with E-state index in [1.54, 1.807) is 19.1 Å². The Morgan fingerprint density at radius 1 is 1.24 bits per heavy atom. The molecule has 5 nitrogen and oxygen atoms in total. The summed E-state index contributed by atoms with van der Waals surface area (Å²) in [6.07, 6.45) is 0.681. The Labute approximate surface area is 160 Å². The number of rotatable bonds is 7. The number of benzene rings is 2. The molecular weight excluding hydrogens is 461 g/mol. The summed E-state index contributed by atoms with van der Waals surface area (Å²) in [5.41, 5.74) is 0.460. The van der Waals surface area contributed by atoms with Crippen LogP contribution in [0.3, 0.4) is 0 Å². The SMILES string of the molecule is CCOc1cc(C=O)cc(Br)c1OCC(=O)Nc1ccc(Br)cc1F. The van der Waals surface area contributed by atoms with Gasteiger partial charge in [0.15, 0.2) is 18.1 Å². The Morgan fingerprint density at radius 3 is 2.64 bits per heavy atom. The summed E-state index contributed by atoms with van der Waals surface area (Å²) < 4.78 is 25.7. The van der Waals surface area contributed by atoms with E-state index in [0.717, 1.165) is 0 Å². The molecule has 2 rings (SSSR count). The average Bonchev–Trinajstić information content (AvgIpc) is 2.56. The smallest absolute Gasteiger partial charge is 0.262 e. The molecule has 0 aliphatic heterocycles. The van der Waals surface area contributed by atoms with Crippen LogP contribution in [-0.4, -0.2) is 25.4 Å². The maximum Gasteiger partial charge on any atom is 0.262 e. The molecular formula is C17H14Br2FNO4. The van der Waals surface area contributed by atoms with Crippen LogP contribution in [0.5, 0.6) is 11.5 Å². The van der Waals surface area contributed by atoms with E-state index >= 15 is 0 Å². The summed E-state index contributed by atoms with van der Waals surface area (Å²) in [6, 6.07) is 7.37. The number of carbonyl (C=O) groups is 2. The summed E-state index contributed by atoms with van der Waals surface area (Å²) in [7, 11) is 0. The quantitative estimate of drug-likeness (QED) is 0.596. The van der Waals surface area contributed by atoms with Crippen molar-refractivity contribution in [3.63, 3.8) is 0 Å². The fourth-order valence-corrected chi connectivity index (χ4v) is 2.88. The molecule has 1 N–H and O–H groups in total. The number of anilines is 1. The normalized spacial score (nSPS) is 10.2. The standard InChI is InChI=1S/C17H14Br2FNO4/c1-2-24-15-6-10(8-22)5-12(19)17(15)25-9-16(23)21-14-4-3-11(18)7-13(14)20/h3-8H,2,9H2,1H3,(H,21,23). The lowest BCUT2D eigenvalue weighted by molar-refractivity contribution is -0.118. The minimum atomic E-state index is -0.561. The molecule has 2 aromatic carbocycles. The molecule has 0 heterocycles. The van der Waals surface area contributed by atoms with E-state index in [9.17, 15) is 14.0 Å². The zero-order valence-corrected chi connectivity index (χ0v) is 16.3. The van der Waals surface area contributed by atoms with Gasteiger partial charge in [-0.05, 0) is 53.2 Å². The molecule has 0 saturated carbocycles. The van der Waals surface area contributed by atoms with Crippen LogP contribution in [0.4, 0.5) is 10.1 Å². The van der Waals surface area contributed by atoms with Crippen LogP contribution in [0.1, 0.15) is 17.3 Å². The minimum Gasteiger partial charge on any atom is -0.490 e. The predicted octanol–water partition coefficient (Wildman–Crippen LogP) is 4.58. The highest BCUT2D eigenvalue weighted by molar-refractivity contribution is 9.10. The highest BCUT2D eigenvalue weighted by Crippen LogP contribution is 2.36. The van der Waals surface area contributed by atoms with Crippen molar-refractivity contribution in [3.05, 3.63) is 50.7 Å². The van der Waals surface area contributed by atoms with E-state index in [1.165, 1.54) is 18.2 Å². The summed E-state index contributed by atoms with van der Waals surface area (Å²) in [6.45, 7) is 1.80. The summed E-state index contributed by atoms with van der Waals surface area (Å²) >= 11 is 6.43. The van der Waals surface area contributed by atoms with Gasteiger partial charge in [0.1, 0.15) is 12.1 Å². The molecule has 0 aliphatic carbocycles. The summed E-state index contributed by atoms with van der Waals surface area (Å²) in [4.78, 5) is 22.9. The third-order valence-electron chi connectivity index (χ3n) is 3.02. The molecule has 0 fully saturated rings. The van der Waals surface area contributed by atoms with Crippen LogP contribution in [0.15, 0.2) is 39.3 Å². The highest BCUT2D eigenvalue weighted by Gasteiger charge is 2.15. The third kappa shape index (κ3) is 5.27. The number of carbonyl (C=O) groups excluding carboxylic acids is 2. The Hall–Kier alpha value is -1.93. The van der Waals surface area contributed by atoms with E-state index in [2.05, 4.69) is 37.2 Å². The predicted molar refractivity (Wildman–Crippen MR) is 98.9 cm³/mol. The van der Waals surface area contributed by atoms with Gasteiger partial charge in [-0.3, -0.25) is 9.59 Å². The largest absolute Gasteiger partial charge is 0.490 e. The molecule has 0 bridgehead atoms. The first-order chi connectivity index (χ1) is 11.9. The van der Waals surface area contributed by atoms with Crippen LogP contribution in [0.25, 0.3) is 0 Å². The van der Waals surface area contributed by atoms with Gasteiger partial charge in [-0.2, -0.15) is 0 Å². The van der Waals surface area contributed by atoms with Crippen LogP contribution in [0.2, 0.25) is 0 Å². The minimum absolute atomic E-state index is 0.0530. The molecule has 25 heavy (non-hydrogen) atoms. The summed E-state index contributed by atoms with van der Waals surface area (Å²) in [5.74, 6) is -0.468. The maximum absolute atomic E-state index is 13.7. The second kappa shape index (κ2) is 8.96. The first kappa shape index (κ1) is 19.4. The molecule has 0 aliphatic rings. The molecule has 1 amide bonds. The van der Waals surface area contributed by atoms with Gasteiger partial charge in [-0.1, -0.05) is 15.9 Å². The highest BCUT2D eigenvalue weighted by atomic mass is 79.9. The maximum atomic E-state index is 13.7. The molecule has 0 radical (unpaired) electrons. The number of aldehydes is 1. The van der Waals surface area contributed by atoms with Crippen molar-refractivity contribution >= 4 is 49.7 Å². The number of halogens is 3. The fourth-order valence-electron chi connectivity index (χ4n) is 1.97. The Balaban J connectivity index is 2.09. The van der Waals surface area contributed by atoms with Crippen molar-refractivity contribution in [1.82, 2.24) is 0 Å². The van der Waals surface area contributed by atoms with Gasteiger partial charge in [0, 0.05) is 10.0 Å². The lowest BCUT2D eigenvalue weighted by atomic mass is 10.2. The second-order valence-electron chi connectivity index (χ2n) is 4.84. The molecule has 0 aromatic heterocycles. The Bertz CT molecular complexity index is 798. The van der Waals surface area contributed by atoms with Crippen LogP contribution in [-0.2, 0) is 4.79 Å². The average molecular weight is 475 g/mol. The first-order valence-corrected chi connectivity index (χ1v) is 8.82. The molecule has 0 spiro atoms. The molecule has 132 valence electrons. The third-order valence-corrected chi connectivity index (χ3v) is 4.10. The van der Waals surface area contributed by atoms with Gasteiger partial charge in [-0.15, -0.1) is 0 Å². The van der Waals surface area contributed by atoms with Gasteiger partial charge in [0.25, 0.3) is 5.91 Å². The lowest BCUT2D eigenvalue weighted by Crippen LogP contribution is -2.21. The van der Waals surface area contributed by atoms with Crippen molar-refractivity contribution in [3.8, 4) is 11.5 Å². The number of hydrogen-bond donors (Lipinski definition) is 1. The summed E-state index contributed by atoms with van der Waals surface area (Å²) in [5, 5.41) is 2.43. The van der Waals surface area contributed by atoms with E-state index in [1.807, 2.05) is 0 Å². The van der Waals surface area contributed by atoms with Crippen molar-refractivity contribution in [1.29, 1.82) is 0 Å². The zero-order chi connectivity index (χ0) is 18.4. The van der Waals surface area contributed by atoms with Gasteiger partial charge < -0.3 is 14.8 Å². The van der Waals surface area contributed by atoms with Crippen LogP contribution in [0, 0.1) is 5.82 Å². The molecule has 0 saturated heterocycles. The van der Waals surface area contributed by atoms with Crippen molar-refractivity contribution < 1.29 is 23.5 Å². The first-order valence-electron chi connectivity index (χ1n) is 7.23. The van der Waals surface area contributed by atoms with Crippen molar-refractivity contribution in [2.75, 3.05) is 18.5 Å². The zero-order valence-electron chi connectivity index (χ0n) is 13.1. The number of hydrogen-bond acceptors (Lipinski definition) is 4. The van der Waals surface area contributed by atoms with Gasteiger partial charge in [0.05, 0.1) is 16.8 Å². The Morgan fingerprint density at radius 2 is 2.00 bits per heavy atom. The van der Waals surface area contributed by atoms with Crippen LogP contribution < -0.4 is 14.8 Å². The lowest BCUT2D eigenvalue weighted by Gasteiger charge is -2.14. The molecule has 8 heteroatoms. The van der Waals surface area contributed by atoms with Gasteiger partial charge in [-0.25, -0.2) is 4.39 Å². The topological polar surface area (TPSA) is 64.6 Å². The molecule has 0 unspecified atom stereocenters. The number of amides is 1. The van der Waals surface area contributed by atoms with Gasteiger partial charge in [0.2, 0.25) is 0 Å². The van der Waals surface area contributed by atoms with Gasteiger partial charge >= 0.3 is 0 Å². The molecule has 0 atom stereocenters. The second-order valence-corrected chi connectivity index (χ2v) is 6.61.